The summed E-state index contributed by atoms with van der Waals surface area (Å²) in [5, 5.41) is 4.08. The van der Waals surface area contributed by atoms with Crippen LogP contribution < -0.4 is 16.0 Å². The van der Waals surface area contributed by atoms with Crippen LogP contribution in [-0.2, 0) is 11.3 Å². The van der Waals surface area contributed by atoms with Gasteiger partial charge in [0.25, 0.3) is 5.56 Å². The van der Waals surface area contributed by atoms with Crippen molar-refractivity contribution in [2.24, 2.45) is 5.73 Å². The molecule has 0 radical (unpaired) electrons. The Kier molecular flexibility index (Phi) is 4.33. The van der Waals surface area contributed by atoms with E-state index in [4.69, 9.17) is 15.2 Å². The Morgan fingerprint density at radius 1 is 1.72 bits per heavy atom. The number of hydrogen-bond donors (Lipinski definition) is 1. The lowest BCUT2D eigenvalue weighted by molar-refractivity contribution is 0.0925. The molecular weight excluding hydrogens is 234 g/mol. The van der Waals surface area contributed by atoms with E-state index in [2.05, 4.69) is 5.10 Å². The Morgan fingerprint density at radius 2 is 2.56 bits per heavy atom. The zero-order valence-corrected chi connectivity index (χ0v) is 10.5. The van der Waals surface area contributed by atoms with Gasteiger partial charge in [0.15, 0.2) is 0 Å². The van der Waals surface area contributed by atoms with Gasteiger partial charge in [-0.1, -0.05) is 0 Å². The fourth-order valence-corrected chi connectivity index (χ4v) is 1.84. The molecule has 18 heavy (non-hydrogen) atoms. The number of rotatable bonds is 5. The van der Waals surface area contributed by atoms with E-state index in [-0.39, 0.29) is 17.7 Å². The molecule has 100 valence electrons. The van der Waals surface area contributed by atoms with Gasteiger partial charge in [-0.05, 0) is 19.8 Å². The first-order valence-electron chi connectivity index (χ1n) is 6.22. The van der Waals surface area contributed by atoms with E-state index in [1.807, 2.05) is 6.92 Å². The zero-order valence-electron chi connectivity index (χ0n) is 10.5. The van der Waals surface area contributed by atoms with Crippen molar-refractivity contribution < 1.29 is 9.47 Å². The molecular formula is C12H19N3O3. The van der Waals surface area contributed by atoms with Crippen LogP contribution in [0.4, 0.5) is 0 Å². The second-order valence-electron chi connectivity index (χ2n) is 4.63. The number of nitrogens with two attached hydrogens (primary N) is 1. The Morgan fingerprint density at radius 3 is 3.17 bits per heavy atom. The summed E-state index contributed by atoms with van der Waals surface area (Å²) in [5.74, 6) is 0.459. The third-order valence-electron chi connectivity index (χ3n) is 2.76. The van der Waals surface area contributed by atoms with E-state index in [0.717, 1.165) is 19.4 Å². The van der Waals surface area contributed by atoms with Gasteiger partial charge in [-0.3, -0.25) is 4.79 Å². The number of nitrogens with zero attached hydrogens (tertiary/aromatic N) is 2. The quantitative estimate of drug-likeness (QED) is 0.808. The molecule has 0 bridgehead atoms. The van der Waals surface area contributed by atoms with Crippen molar-refractivity contribution in [3.05, 3.63) is 22.6 Å². The molecule has 1 fully saturated rings. The molecule has 2 atom stereocenters. The van der Waals surface area contributed by atoms with Crippen molar-refractivity contribution >= 4 is 0 Å². The van der Waals surface area contributed by atoms with Crippen LogP contribution in [0.1, 0.15) is 19.8 Å². The van der Waals surface area contributed by atoms with E-state index < -0.39 is 0 Å². The lowest BCUT2D eigenvalue weighted by atomic mass is 10.2. The maximum absolute atomic E-state index is 11.8. The summed E-state index contributed by atoms with van der Waals surface area (Å²) >= 11 is 0. The molecule has 0 saturated carbocycles. The minimum absolute atomic E-state index is 0.0701. The summed E-state index contributed by atoms with van der Waals surface area (Å²) in [4.78, 5) is 11.8. The predicted octanol–water partition coefficient (Wildman–Crippen LogP) is 0.148. The van der Waals surface area contributed by atoms with Gasteiger partial charge >= 0.3 is 0 Å². The van der Waals surface area contributed by atoms with E-state index in [1.165, 1.54) is 10.7 Å². The molecule has 2 rings (SSSR count). The zero-order chi connectivity index (χ0) is 13.0. The number of ether oxygens (including phenoxy) is 2. The minimum atomic E-state index is -0.173. The van der Waals surface area contributed by atoms with E-state index in [1.54, 1.807) is 6.20 Å². The monoisotopic (exact) mass is 253 g/mol. The first-order valence-corrected chi connectivity index (χ1v) is 6.22. The fourth-order valence-electron chi connectivity index (χ4n) is 1.84. The Bertz CT molecular complexity index is 438. The third kappa shape index (κ3) is 3.54. The van der Waals surface area contributed by atoms with Gasteiger partial charge in [0, 0.05) is 18.7 Å². The van der Waals surface area contributed by atoms with Gasteiger partial charge in [-0.2, -0.15) is 5.10 Å². The largest absolute Gasteiger partial charge is 0.490 e. The topological polar surface area (TPSA) is 79.4 Å². The highest BCUT2D eigenvalue weighted by Crippen LogP contribution is 2.13. The Balaban J connectivity index is 1.98. The van der Waals surface area contributed by atoms with Crippen LogP contribution in [0.25, 0.3) is 0 Å². The standard InChI is InChI=1S/C12H19N3O3/c1-9(13)8-18-11-5-12(16)15(14-6-11)7-10-3-2-4-17-10/h5-6,9-10H,2-4,7-8,13H2,1H3. The molecule has 1 aliphatic rings. The van der Waals surface area contributed by atoms with E-state index in [9.17, 15) is 4.79 Å². The summed E-state index contributed by atoms with van der Waals surface area (Å²) in [6.45, 7) is 3.49. The van der Waals surface area contributed by atoms with Crippen molar-refractivity contribution in [2.75, 3.05) is 13.2 Å². The lowest BCUT2D eigenvalue weighted by Gasteiger charge is -2.12. The molecule has 0 aliphatic carbocycles. The van der Waals surface area contributed by atoms with Gasteiger partial charge in [0.1, 0.15) is 12.4 Å². The highest BCUT2D eigenvalue weighted by molar-refractivity contribution is 5.13. The lowest BCUT2D eigenvalue weighted by Crippen LogP contribution is -2.29. The second kappa shape index (κ2) is 5.97. The van der Waals surface area contributed by atoms with Crippen LogP contribution in [0.15, 0.2) is 17.1 Å². The van der Waals surface area contributed by atoms with Gasteiger partial charge in [0.2, 0.25) is 0 Å². The SMILES string of the molecule is CC(N)COc1cnn(CC2CCCO2)c(=O)c1. The molecule has 1 aromatic rings. The first kappa shape index (κ1) is 13.0. The molecule has 0 aromatic carbocycles. The average Bonchev–Trinajstić information content (AvgIpc) is 2.82. The van der Waals surface area contributed by atoms with Crippen molar-refractivity contribution in [3.8, 4) is 5.75 Å². The summed E-state index contributed by atoms with van der Waals surface area (Å²) < 4.78 is 12.2. The highest BCUT2D eigenvalue weighted by atomic mass is 16.5. The Hall–Kier alpha value is -1.40. The molecule has 6 heteroatoms. The number of aromatic nitrogens is 2. The molecule has 0 spiro atoms. The summed E-state index contributed by atoms with van der Waals surface area (Å²) in [6.07, 6.45) is 3.68. The molecule has 0 amide bonds. The van der Waals surface area contributed by atoms with E-state index in [0.29, 0.717) is 18.9 Å². The minimum Gasteiger partial charge on any atom is -0.490 e. The molecule has 2 unspecified atom stereocenters. The van der Waals surface area contributed by atoms with Crippen LogP contribution in [0.2, 0.25) is 0 Å². The number of hydrogen-bond acceptors (Lipinski definition) is 5. The van der Waals surface area contributed by atoms with Crippen molar-refractivity contribution in [2.45, 2.75) is 38.5 Å². The van der Waals surface area contributed by atoms with Gasteiger partial charge < -0.3 is 15.2 Å². The third-order valence-corrected chi connectivity index (χ3v) is 2.76. The fraction of sp³-hybridized carbons (Fsp3) is 0.667. The average molecular weight is 253 g/mol. The van der Waals surface area contributed by atoms with Crippen LogP contribution in [0.3, 0.4) is 0 Å². The molecule has 1 saturated heterocycles. The molecule has 1 aromatic heterocycles. The maximum Gasteiger partial charge on any atom is 0.270 e. The van der Waals surface area contributed by atoms with Crippen LogP contribution in [0, 0.1) is 0 Å². The summed E-state index contributed by atoms with van der Waals surface area (Å²) in [5.41, 5.74) is 5.40. The highest BCUT2D eigenvalue weighted by Gasteiger charge is 2.17. The van der Waals surface area contributed by atoms with Crippen molar-refractivity contribution in [3.63, 3.8) is 0 Å². The van der Waals surface area contributed by atoms with Crippen LogP contribution in [0.5, 0.6) is 5.75 Å². The maximum atomic E-state index is 11.8. The molecule has 2 N–H and O–H groups in total. The molecule has 6 nitrogen and oxygen atoms in total. The smallest absolute Gasteiger partial charge is 0.270 e. The second-order valence-corrected chi connectivity index (χ2v) is 4.63. The van der Waals surface area contributed by atoms with E-state index >= 15 is 0 Å². The van der Waals surface area contributed by atoms with Crippen LogP contribution >= 0.6 is 0 Å². The predicted molar refractivity (Wildman–Crippen MR) is 66.6 cm³/mol. The first-order chi connectivity index (χ1) is 8.65. The Labute approximate surface area is 106 Å². The van der Waals surface area contributed by atoms with Crippen molar-refractivity contribution in [1.82, 2.24) is 9.78 Å². The summed E-state index contributed by atoms with van der Waals surface area (Å²) in [6, 6.07) is 1.36. The van der Waals surface area contributed by atoms with Crippen LogP contribution in [-0.4, -0.2) is 35.1 Å². The summed E-state index contributed by atoms with van der Waals surface area (Å²) in [7, 11) is 0. The molecule has 2 heterocycles. The van der Waals surface area contributed by atoms with Gasteiger partial charge in [-0.25, -0.2) is 4.68 Å². The molecule has 1 aliphatic heterocycles. The van der Waals surface area contributed by atoms with Gasteiger partial charge in [0.05, 0.1) is 18.8 Å². The normalized spacial score (nSPS) is 20.9. The van der Waals surface area contributed by atoms with Crippen molar-refractivity contribution in [1.29, 1.82) is 0 Å². The van der Waals surface area contributed by atoms with Gasteiger partial charge in [-0.15, -0.1) is 0 Å².